The van der Waals surface area contributed by atoms with Crippen LogP contribution in [0.2, 0.25) is 0 Å². The molecule has 0 atom stereocenters. The van der Waals surface area contributed by atoms with E-state index in [0.717, 1.165) is 8.66 Å². The number of rotatable bonds is 5. The maximum Gasteiger partial charge on any atom is 0.277 e. The Morgan fingerprint density at radius 2 is 2.14 bits per heavy atom. The minimum atomic E-state index is -0.355. The summed E-state index contributed by atoms with van der Waals surface area (Å²) in [4.78, 5) is 12.5. The third-order valence-electron chi connectivity index (χ3n) is 2.33. The van der Waals surface area contributed by atoms with Crippen LogP contribution >= 0.6 is 27.3 Å². The van der Waals surface area contributed by atoms with Crippen LogP contribution in [0.4, 0.5) is 0 Å². The Kier molecular flexibility index (Phi) is 5.49. The number of amides is 1. The molecule has 2 aromatic rings. The molecule has 1 aromatic heterocycles. The maximum absolute atomic E-state index is 11.5. The number of nitrogens with zero attached hydrogens (tertiary/aromatic N) is 2. The minimum absolute atomic E-state index is 0.141. The molecule has 0 radical (unpaired) electrons. The number of halogens is 1. The molecule has 1 aromatic carbocycles. The largest absolute Gasteiger partial charge is 0.484 e. The zero-order valence-corrected chi connectivity index (χ0v) is 13.1. The van der Waals surface area contributed by atoms with Crippen LogP contribution in [-0.2, 0) is 4.79 Å². The summed E-state index contributed by atoms with van der Waals surface area (Å²) < 4.78 is 6.27. The summed E-state index contributed by atoms with van der Waals surface area (Å²) >= 11 is 4.85. The second-order valence-corrected chi connectivity index (χ2v) is 6.35. The highest BCUT2D eigenvalue weighted by Gasteiger charge is 2.01. The van der Waals surface area contributed by atoms with Crippen LogP contribution in [0.3, 0.4) is 0 Å². The molecule has 7 heteroatoms. The number of hydrogen-bond acceptors (Lipinski definition) is 5. The highest BCUT2D eigenvalue weighted by atomic mass is 79.9. The summed E-state index contributed by atoms with van der Waals surface area (Å²) in [6, 6.07) is 12.3. The van der Waals surface area contributed by atoms with Gasteiger partial charge in [0, 0.05) is 4.88 Å². The molecule has 2 rings (SSSR count). The topological polar surface area (TPSA) is 74.5 Å². The van der Waals surface area contributed by atoms with Crippen LogP contribution in [0, 0.1) is 11.3 Å². The molecular weight excluding hydrogens is 354 g/mol. The number of thiophene rings is 1. The van der Waals surface area contributed by atoms with E-state index in [1.165, 1.54) is 11.3 Å². The lowest BCUT2D eigenvalue weighted by Gasteiger charge is -2.04. The number of ether oxygens (including phenoxy) is 1. The Morgan fingerprint density at radius 1 is 1.38 bits per heavy atom. The number of hydrazone groups is 1. The molecule has 0 aliphatic heterocycles. The summed E-state index contributed by atoms with van der Waals surface area (Å²) in [5.74, 6) is 0.168. The molecule has 0 fully saturated rings. The molecule has 0 bridgehead atoms. The first kappa shape index (κ1) is 15.2. The monoisotopic (exact) mass is 363 g/mol. The van der Waals surface area contributed by atoms with Gasteiger partial charge in [-0.15, -0.1) is 11.3 Å². The summed E-state index contributed by atoms with van der Waals surface area (Å²) in [5.41, 5.74) is 2.92. The third kappa shape index (κ3) is 5.02. The molecule has 1 N–H and O–H groups in total. The molecule has 0 saturated heterocycles. The first-order chi connectivity index (χ1) is 10.2. The van der Waals surface area contributed by atoms with Crippen molar-refractivity contribution in [1.82, 2.24) is 5.43 Å². The van der Waals surface area contributed by atoms with Crippen LogP contribution < -0.4 is 10.2 Å². The van der Waals surface area contributed by atoms with E-state index in [2.05, 4.69) is 26.5 Å². The fourth-order valence-electron chi connectivity index (χ4n) is 1.37. The fraction of sp³-hybridized carbons (Fsp3) is 0.0714. The van der Waals surface area contributed by atoms with Gasteiger partial charge in [0.15, 0.2) is 6.61 Å². The number of hydrogen-bond donors (Lipinski definition) is 1. The highest BCUT2D eigenvalue weighted by Crippen LogP contribution is 2.20. The zero-order valence-electron chi connectivity index (χ0n) is 10.7. The average molecular weight is 364 g/mol. The maximum atomic E-state index is 11.5. The van der Waals surface area contributed by atoms with Crippen molar-refractivity contribution in [3.63, 3.8) is 0 Å². The summed E-state index contributed by atoms with van der Waals surface area (Å²) in [6.45, 7) is -0.141. The van der Waals surface area contributed by atoms with Crippen LogP contribution in [-0.4, -0.2) is 18.7 Å². The van der Waals surface area contributed by atoms with E-state index >= 15 is 0 Å². The Hall–Kier alpha value is -2.17. The summed E-state index contributed by atoms with van der Waals surface area (Å²) in [5, 5.41) is 12.5. The summed E-state index contributed by atoms with van der Waals surface area (Å²) in [6.07, 6.45) is 1.56. The molecular formula is C14H10BrN3O2S. The van der Waals surface area contributed by atoms with Crippen molar-refractivity contribution in [2.75, 3.05) is 6.61 Å². The first-order valence-electron chi connectivity index (χ1n) is 5.87. The van der Waals surface area contributed by atoms with Crippen LogP contribution in [0.1, 0.15) is 10.4 Å². The van der Waals surface area contributed by atoms with E-state index in [0.29, 0.717) is 11.3 Å². The van der Waals surface area contributed by atoms with Gasteiger partial charge in [0.2, 0.25) is 0 Å². The predicted octanol–water partition coefficient (Wildman–Crippen LogP) is 2.91. The Balaban J connectivity index is 1.76. The van der Waals surface area contributed by atoms with Gasteiger partial charge < -0.3 is 4.74 Å². The number of carbonyl (C=O) groups excluding carboxylic acids is 1. The highest BCUT2D eigenvalue weighted by molar-refractivity contribution is 9.11. The quantitative estimate of drug-likeness (QED) is 0.655. The smallest absolute Gasteiger partial charge is 0.277 e. The van der Waals surface area contributed by atoms with Gasteiger partial charge in [0.1, 0.15) is 5.75 Å². The number of nitriles is 1. The molecule has 106 valence electrons. The SMILES string of the molecule is N#Cc1ccc(OCC(=O)N/N=C\c2ccc(Br)s2)cc1. The normalized spacial score (nSPS) is 10.3. The second-order valence-electron chi connectivity index (χ2n) is 3.86. The van der Waals surface area contributed by atoms with E-state index in [1.807, 2.05) is 18.2 Å². The van der Waals surface area contributed by atoms with Gasteiger partial charge in [0.25, 0.3) is 5.91 Å². The number of carbonyl (C=O) groups is 1. The Morgan fingerprint density at radius 3 is 2.76 bits per heavy atom. The molecule has 0 unspecified atom stereocenters. The molecule has 0 aliphatic carbocycles. The first-order valence-corrected chi connectivity index (χ1v) is 7.48. The molecule has 5 nitrogen and oxygen atoms in total. The predicted molar refractivity (Wildman–Crippen MR) is 84.4 cm³/mol. The van der Waals surface area contributed by atoms with Gasteiger partial charge in [-0.05, 0) is 52.3 Å². The van der Waals surface area contributed by atoms with E-state index in [-0.39, 0.29) is 12.5 Å². The van der Waals surface area contributed by atoms with E-state index in [9.17, 15) is 4.79 Å². The van der Waals surface area contributed by atoms with E-state index in [4.69, 9.17) is 10.00 Å². The average Bonchev–Trinajstić information content (AvgIpc) is 2.91. The van der Waals surface area contributed by atoms with Gasteiger partial charge in [-0.3, -0.25) is 4.79 Å². The van der Waals surface area contributed by atoms with Crippen molar-refractivity contribution in [2.24, 2.45) is 5.10 Å². The molecule has 21 heavy (non-hydrogen) atoms. The van der Waals surface area contributed by atoms with Crippen LogP contribution in [0.5, 0.6) is 5.75 Å². The van der Waals surface area contributed by atoms with Gasteiger partial charge in [0.05, 0.1) is 21.6 Å². The molecule has 1 heterocycles. The second kappa shape index (κ2) is 7.57. The van der Waals surface area contributed by atoms with Crippen molar-refractivity contribution in [1.29, 1.82) is 5.26 Å². The van der Waals surface area contributed by atoms with Gasteiger partial charge in [-0.1, -0.05) is 0 Å². The van der Waals surface area contributed by atoms with Gasteiger partial charge >= 0.3 is 0 Å². The molecule has 1 amide bonds. The van der Waals surface area contributed by atoms with Gasteiger partial charge in [-0.2, -0.15) is 10.4 Å². The van der Waals surface area contributed by atoms with Crippen molar-refractivity contribution < 1.29 is 9.53 Å². The van der Waals surface area contributed by atoms with Crippen molar-refractivity contribution in [3.05, 3.63) is 50.6 Å². The summed E-state index contributed by atoms with van der Waals surface area (Å²) in [7, 11) is 0. The standard InChI is InChI=1S/C14H10BrN3O2S/c15-13-6-5-12(21-13)8-17-18-14(19)9-20-11-3-1-10(7-16)2-4-11/h1-6,8H,9H2,(H,18,19)/b17-8-. The Labute approximate surface area is 134 Å². The van der Waals surface area contributed by atoms with Crippen molar-refractivity contribution in [2.45, 2.75) is 0 Å². The molecule has 0 saturated carbocycles. The third-order valence-corrected chi connectivity index (χ3v) is 3.89. The fourth-order valence-corrected chi connectivity index (χ4v) is 2.67. The molecule has 0 aliphatic rings. The Bertz CT molecular complexity index is 689. The molecule has 0 spiro atoms. The zero-order chi connectivity index (χ0) is 15.1. The number of nitrogens with one attached hydrogen (secondary N) is 1. The lowest BCUT2D eigenvalue weighted by molar-refractivity contribution is -0.123. The van der Waals surface area contributed by atoms with E-state index in [1.54, 1.807) is 30.5 Å². The lowest BCUT2D eigenvalue weighted by Crippen LogP contribution is -2.24. The van der Waals surface area contributed by atoms with Gasteiger partial charge in [-0.25, -0.2) is 5.43 Å². The lowest BCUT2D eigenvalue weighted by atomic mass is 10.2. The van der Waals surface area contributed by atoms with E-state index < -0.39 is 0 Å². The van der Waals surface area contributed by atoms with Crippen LogP contribution in [0.15, 0.2) is 45.3 Å². The van der Waals surface area contributed by atoms with Crippen molar-refractivity contribution >= 4 is 39.4 Å². The van der Waals surface area contributed by atoms with Crippen LogP contribution in [0.25, 0.3) is 0 Å². The minimum Gasteiger partial charge on any atom is -0.484 e. The van der Waals surface area contributed by atoms with Crippen molar-refractivity contribution in [3.8, 4) is 11.8 Å². The number of benzene rings is 1.